The Bertz CT molecular complexity index is 319. The van der Waals surface area contributed by atoms with E-state index >= 15 is 0 Å². The van der Waals surface area contributed by atoms with Crippen LogP contribution >= 0.6 is 0 Å². The minimum absolute atomic E-state index is 0.297. The maximum atomic E-state index is 6.10. The second kappa shape index (κ2) is 6.79. The maximum absolute atomic E-state index is 6.10. The Labute approximate surface area is 111 Å². The predicted molar refractivity (Wildman–Crippen MR) is 76.4 cm³/mol. The van der Waals surface area contributed by atoms with Crippen molar-refractivity contribution < 1.29 is 9.47 Å². The molecule has 0 N–H and O–H groups in total. The van der Waals surface area contributed by atoms with Gasteiger partial charge in [-0.1, -0.05) is 37.6 Å². The highest BCUT2D eigenvalue weighted by Crippen LogP contribution is 2.45. The van der Waals surface area contributed by atoms with Crippen molar-refractivity contribution in [1.82, 2.24) is 0 Å². The van der Waals surface area contributed by atoms with Crippen LogP contribution in [0.25, 0.3) is 0 Å². The smallest absolute Gasteiger partial charge is 0.131 e. The largest absolute Gasteiger partial charge is 0.496 e. The van der Waals surface area contributed by atoms with Gasteiger partial charge >= 0.3 is 0 Å². The van der Waals surface area contributed by atoms with Crippen LogP contribution in [0.2, 0.25) is 0 Å². The molecule has 18 heavy (non-hydrogen) atoms. The highest BCUT2D eigenvalue weighted by atomic mass is 16.5. The molecule has 102 valence electrons. The predicted octanol–water partition coefficient (Wildman–Crippen LogP) is 4.24. The molecule has 0 aliphatic heterocycles. The van der Waals surface area contributed by atoms with E-state index in [1.807, 2.05) is 6.92 Å². The van der Waals surface area contributed by atoms with Gasteiger partial charge in [0.25, 0.3) is 0 Å². The minimum Gasteiger partial charge on any atom is -0.496 e. The number of rotatable bonds is 7. The van der Waals surface area contributed by atoms with Crippen molar-refractivity contribution in [3.05, 3.63) is 37.1 Å². The van der Waals surface area contributed by atoms with E-state index in [4.69, 9.17) is 9.47 Å². The third kappa shape index (κ3) is 3.05. The monoisotopic (exact) mass is 250 g/mol. The van der Waals surface area contributed by atoms with Crippen LogP contribution in [0.4, 0.5) is 0 Å². The number of hydrogen-bond acceptors (Lipinski definition) is 2. The summed E-state index contributed by atoms with van der Waals surface area (Å²) in [5.41, 5.74) is 0.744. The van der Waals surface area contributed by atoms with E-state index in [9.17, 15) is 0 Å². The molecule has 2 atom stereocenters. The molecule has 1 aliphatic carbocycles. The Hall–Kier alpha value is -1.02. The SMILES string of the molecule is C=CCOC1(C(=C)OCC)CCCCC1C(=C)C. The van der Waals surface area contributed by atoms with Gasteiger partial charge < -0.3 is 9.47 Å². The van der Waals surface area contributed by atoms with Crippen molar-refractivity contribution in [2.75, 3.05) is 13.2 Å². The summed E-state index contributed by atoms with van der Waals surface area (Å²) < 4.78 is 11.8. The number of ether oxygens (including phenoxy) is 2. The van der Waals surface area contributed by atoms with Crippen LogP contribution in [0.15, 0.2) is 37.1 Å². The van der Waals surface area contributed by atoms with Gasteiger partial charge in [0.15, 0.2) is 0 Å². The first-order chi connectivity index (χ1) is 8.58. The second-order valence-corrected chi connectivity index (χ2v) is 4.99. The average molecular weight is 250 g/mol. The molecule has 0 spiro atoms. The zero-order valence-corrected chi connectivity index (χ0v) is 11.8. The summed E-state index contributed by atoms with van der Waals surface area (Å²) in [6, 6.07) is 0. The molecular formula is C16H26O2. The molecule has 0 aromatic rings. The number of hydrogen-bond donors (Lipinski definition) is 0. The van der Waals surface area contributed by atoms with Crippen molar-refractivity contribution in [3.63, 3.8) is 0 Å². The van der Waals surface area contributed by atoms with Crippen molar-refractivity contribution in [2.45, 2.75) is 45.1 Å². The quantitative estimate of drug-likeness (QED) is 0.497. The molecule has 2 heteroatoms. The zero-order valence-electron chi connectivity index (χ0n) is 11.8. The summed E-state index contributed by atoms with van der Waals surface area (Å²) in [5.74, 6) is 1.05. The first-order valence-electron chi connectivity index (χ1n) is 6.81. The first kappa shape index (κ1) is 15.0. The molecule has 0 heterocycles. The van der Waals surface area contributed by atoms with E-state index in [0.29, 0.717) is 19.1 Å². The fourth-order valence-corrected chi connectivity index (χ4v) is 2.88. The third-order valence-corrected chi connectivity index (χ3v) is 3.70. The minimum atomic E-state index is -0.408. The Morgan fingerprint density at radius 2 is 2.11 bits per heavy atom. The molecule has 1 aliphatic rings. The summed E-state index contributed by atoms with van der Waals surface area (Å²) in [5, 5.41) is 0. The molecule has 0 aromatic heterocycles. The van der Waals surface area contributed by atoms with Gasteiger partial charge in [-0.05, 0) is 26.7 Å². The van der Waals surface area contributed by atoms with E-state index in [1.165, 1.54) is 6.42 Å². The van der Waals surface area contributed by atoms with Gasteiger partial charge in [-0.15, -0.1) is 6.58 Å². The molecule has 0 saturated heterocycles. The van der Waals surface area contributed by atoms with Crippen molar-refractivity contribution in [2.24, 2.45) is 5.92 Å². The Morgan fingerprint density at radius 3 is 2.67 bits per heavy atom. The fourth-order valence-electron chi connectivity index (χ4n) is 2.88. The second-order valence-electron chi connectivity index (χ2n) is 4.99. The van der Waals surface area contributed by atoms with Gasteiger partial charge in [-0.3, -0.25) is 0 Å². The molecule has 0 aromatic carbocycles. The zero-order chi connectivity index (χ0) is 13.6. The summed E-state index contributed by atoms with van der Waals surface area (Å²) >= 11 is 0. The highest BCUT2D eigenvalue weighted by Gasteiger charge is 2.45. The van der Waals surface area contributed by atoms with Gasteiger partial charge in [0, 0.05) is 5.92 Å². The molecule has 0 radical (unpaired) electrons. The first-order valence-corrected chi connectivity index (χ1v) is 6.81. The van der Waals surface area contributed by atoms with Gasteiger partial charge in [0.05, 0.1) is 13.2 Å². The normalized spacial score (nSPS) is 27.6. The van der Waals surface area contributed by atoms with Gasteiger partial charge in [0.1, 0.15) is 11.4 Å². The molecule has 0 amide bonds. The molecule has 2 nitrogen and oxygen atoms in total. The van der Waals surface area contributed by atoms with Gasteiger partial charge in [-0.25, -0.2) is 0 Å². The maximum Gasteiger partial charge on any atom is 0.131 e. The highest BCUT2D eigenvalue weighted by molar-refractivity contribution is 5.19. The van der Waals surface area contributed by atoms with Crippen LogP contribution < -0.4 is 0 Å². The van der Waals surface area contributed by atoms with Crippen molar-refractivity contribution in [3.8, 4) is 0 Å². The lowest BCUT2D eigenvalue weighted by Crippen LogP contribution is -2.46. The van der Waals surface area contributed by atoms with E-state index in [2.05, 4.69) is 26.7 Å². The lowest BCUT2D eigenvalue weighted by atomic mass is 9.71. The van der Waals surface area contributed by atoms with E-state index in [-0.39, 0.29) is 0 Å². The summed E-state index contributed by atoms with van der Waals surface area (Å²) in [6.07, 6.45) is 6.20. The molecule has 2 unspecified atom stereocenters. The topological polar surface area (TPSA) is 18.5 Å². The molecule has 1 rings (SSSR count). The van der Waals surface area contributed by atoms with E-state index in [0.717, 1.165) is 30.6 Å². The Morgan fingerprint density at radius 1 is 1.39 bits per heavy atom. The average Bonchev–Trinajstić information content (AvgIpc) is 2.36. The van der Waals surface area contributed by atoms with Crippen molar-refractivity contribution in [1.29, 1.82) is 0 Å². The van der Waals surface area contributed by atoms with Gasteiger partial charge in [-0.2, -0.15) is 0 Å². The standard InChI is InChI=1S/C16H26O2/c1-6-12-18-16(14(5)17-7-2)11-9-8-10-15(16)13(3)4/h6,15H,1,3,5,7-12H2,2,4H3. The van der Waals surface area contributed by atoms with Crippen LogP contribution in [-0.4, -0.2) is 18.8 Å². The lowest BCUT2D eigenvalue weighted by Gasteiger charge is -2.44. The summed E-state index contributed by atoms with van der Waals surface area (Å²) in [7, 11) is 0. The van der Waals surface area contributed by atoms with Crippen LogP contribution in [0.3, 0.4) is 0 Å². The van der Waals surface area contributed by atoms with Crippen LogP contribution in [0, 0.1) is 5.92 Å². The lowest BCUT2D eigenvalue weighted by molar-refractivity contribution is -0.0916. The van der Waals surface area contributed by atoms with Crippen molar-refractivity contribution >= 4 is 0 Å². The van der Waals surface area contributed by atoms with E-state index in [1.54, 1.807) is 6.08 Å². The van der Waals surface area contributed by atoms with Crippen LogP contribution in [-0.2, 0) is 9.47 Å². The Balaban J connectivity index is 3.01. The van der Waals surface area contributed by atoms with Gasteiger partial charge in [0.2, 0.25) is 0 Å². The van der Waals surface area contributed by atoms with E-state index < -0.39 is 5.60 Å². The Kier molecular flexibility index (Phi) is 5.67. The molecule has 1 fully saturated rings. The summed E-state index contributed by atoms with van der Waals surface area (Å²) in [6.45, 7) is 17.2. The fraction of sp³-hybridized carbons (Fsp3) is 0.625. The molecule has 0 bridgehead atoms. The molecule has 1 saturated carbocycles. The third-order valence-electron chi connectivity index (χ3n) is 3.70. The van der Waals surface area contributed by atoms with Crippen LogP contribution in [0.5, 0.6) is 0 Å². The molecular weight excluding hydrogens is 224 g/mol. The summed E-state index contributed by atoms with van der Waals surface area (Å²) in [4.78, 5) is 0. The van der Waals surface area contributed by atoms with Crippen LogP contribution in [0.1, 0.15) is 39.5 Å².